The third-order valence-corrected chi connectivity index (χ3v) is 6.52. The van der Waals surface area contributed by atoms with Gasteiger partial charge in [-0.2, -0.15) is 0 Å². The predicted molar refractivity (Wildman–Crippen MR) is 105 cm³/mol. The number of carbonyl (C=O) groups is 2. The molecule has 116 valence electrons. The smallest absolute Gasteiger partial charge is 0.255 e. The Morgan fingerprint density at radius 3 is 2.33 bits per heavy atom. The summed E-state index contributed by atoms with van der Waals surface area (Å²) in [7, 11) is -2.17. The second-order valence-electron chi connectivity index (χ2n) is 4.21. The molecule has 0 atom stereocenters. The van der Waals surface area contributed by atoms with Crippen LogP contribution < -0.4 is 4.72 Å². The van der Waals surface area contributed by atoms with Crippen LogP contribution in [0.15, 0.2) is 12.1 Å². The quantitative estimate of drug-likeness (QED) is 0.398. The Kier molecular flexibility index (Phi) is 7.11. The van der Waals surface area contributed by atoms with E-state index in [1.54, 1.807) is 6.07 Å². The maximum Gasteiger partial charge on any atom is 0.255 e. The zero-order chi connectivity index (χ0) is 16.4. The molecule has 1 aromatic carbocycles. The minimum absolute atomic E-state index is 0.329. The van der Waals surface area contributed by atoms with Gasteiger partial charge in [-0.1, -0.05) is 0 Å². The van der Waals surface area contributed by atoms with Crippen molar-refractivity contribution in [2.24, 2.45) is 0 Å². The number of hydrogen-bond donors (Lipinski definition) is 1. The molecule has 0 spiro atoms. The van der Waals surface area contributed by atoms with Crippen LogP contribution in [0.4, 0.5) is 0 Å². The molecule has 0 aliphatic rings. The molecule has 0 saturated heterocycles. The second kappa shape index (κ2) is 7.72. The van der Waals surface area contributed by atoms with Gasteiger partial charge in [0.15, 0.2) is 0 Å². The van der Waals surface area contributed by atoms with Crippen molar-refractivity contribution in [2.75, 3.05) is 19.8 Å². The number of nitrogens with zero attached hydrogens (tertiary/aromatic N) is 1. The predicted octanol–water partition coefficient (Wildman–Crippen LogP) is 1.65. The molecular formula is C11H11I3N2O4S. The van der Waals surface area contributed by atoms with E-state index in [0.717, 1.165) is 17.0 Å². The molecule has 0 bridgehead atoms. The lowest BCUT2D eigenvalue weighted by molar-refractivity contribution is -0.119. The first-order chi connectivity index (χ1) is 9.51. The summed E-state index contributed by atoms with van der Waals surface area (Å²) < 4.78 is 26.4. The molecule has 0 radical (unpaired) electrons. The zero-order valence-electron chi connectivity index (χ0n) is 11.0. The summed E-state index contributed by atoms with van der Waals surface area (Å²) in [4.78, 5) is 25.1. The molecule has 6 nitrogen and oxygen atoms in total. The summed E-state index contributed by atoms with van der Waals surface area (Å²) in [5, 5.41) is 0. The average molecular weight is 648 g/mol. The number of rotatable bonds is 4. The summed E-state index contributed by atoms with van der Waals surface area (Å²) in [6.45, 7) is -0.329. The SMILES string of the molecule is CN(CC(=O)NS(C)(=O)=O)C(=O)c1cc(I)cc(I)c1I. The summed E-state index contributed by atoms with van der Waals surface area (Å²) in [5.74, 6) is -1.08. The van der Waals surface area contributed by atoms with Crippen LogP contribution in [-0.2, 0) is 14.8 Å². The molecule has 1 N–H and O–H groups in total. The number of hydrogen-bond acceptors (Lipinski definition) is 4. The fraction of sp³-hybridized carbons (Fsp3) is 0.273. The second-order valence-corrected chi connectivity index (χ2v) is 9.44. The highest BCUT2D eigenvalue weighted by molar-refractivity contribution is 14.1. The molecule has 0 heterocycles. The average Bonchev–Trinajstić information content (AvgIpc) is 2.30. The first-order valence-electron chi connectivity index (χ1n) is 5.42. The van der Waals surface area contributed by atoms with Gasteiger partial charge in [0.1, 0.15) is 6.54 Å². The Morgan fingerprint density at radius 2 is 1.81 bits per heavy atom. The van der Waals surface area contributed by atoms with Crippen molar-refractivity contribution in [3.05, 3.63) is 28.4 Å². The maximum atomic E-state index is 12.4. The number of nitrogens with one attached hydrogen (secondary N) is 1. The van der Waals surface area contributed by atoms with Gasteiger partial charge in [0.2, 0.25) is 10.0 Å². The largest absolute Gasteiger partial charge is 0.332 e. The highest BCUT2D eigenvalue weighted by atomic mass is 127. The van der Waals surface area contributed by atoms with E-state index in [-0.39, 0.29) is 12.5 Å². The van der Waals surface area contributed by atoms with Crippen LogP contribution in [0, 0.1) is 10.7 Å². The Hall–Kier alpha value is 0.300. The highest BCUT2D eigenvalue weighted by Crippen LogP contribution is 2.23. The molecule has 0 aliphatic carbocycles. The van der Waals surface area contributed by atoms with Crippen LogP contribution in [0.5, 0.6) is 0 Å². The van der Waals surface area contributed by atoms with E-state index in [1.807, 2.05) is 10.8 Å². The Morgan fingerprint density at radius 1 is 1.24 bits per heavy atom. The van der Waals surface area contributed by atoms with Crippen molar-refractivity contribution >= 4 is 89.6 Å². The summed E-state index contributed by atoms with van der Waals surface area (Å²) in [6, 6.07) is 3.67. The topological polar surface area (TPSA) is 83.6 Å². The minimum Gasteiger partial charge on any atom is -0.332 e. The molecule has 1 aromatic rings. The van der Waals surface area contributed by atoms with Crippen molar-refractivity contribution in [3.63, 3.8) is 0 Å². The molecular weight excluding hydrogens is 637 g/mol. The van der Waals surface area contributed by atoms with E-state index >= 15 is 0 Å². The Labute approximate surface area is 163 Å². The molecule has 0 fully saturated rings. The standard InChI is InChI=1S/C11H11I3N2O4S/c1-16(5-9(17)15-21(2,19)20)11(18)7-3-6(12)4-8(13)10(7)14/h3-4H,5H2,1-2H3,(H,15,17). The number of sulfonamides is 1. The Balaban J connectivity index is 2.92. The fourth-order valence-electron chi connectivity index (χ4n) is 1.44. The molecule has 0 aromatic heterocycles. The number of amides is 2. The molecule has 2 amide bonds. The van der Waals surface area contributed by atoms with Crippen LogP contribution in [-0.4, -0.2) is 45.0 Å². The molecule has 1 rings (SSSR count). The van der Waals surface area contributed by atoms with E-state index in [0.29, 0.717) is 5.56 Å². The third kappa shape index (κ3) is 6.13. The Bertz CT molecular complexity index is 691. The van der Waals surface area contributed by atoms with Crippen molar-refractivity contribution in [3.8, 4) is 0 Å². The number of carbonyl (C=O) groups excluding carboxylic acids is 2. The van der Waals surface area contributed by atoms with Crippen LogP contribution in [0.1, 0.15) is 10.4 Å². The number of benzene rings is 1. The molecule has 0 saturated carbocycles. The summed E-state index contributed by atoms with van der Waals surface area (Å²) >= 11 is 6.32. The maximum absolute atomic E-state index is 12.4. The van der Waals surface area contributed by atoms with E-state index in [4.69, 9.17) is 0 Å². The van der Waals surface area contributed by atoms with Crippen LogP contribution >= 0.6 is 67.8 Å². The van der Waals surface area contributed by atoms with Crippen molar-refractivity contribution in [1.29, 1.82) is 0 Å². The first-order valence-corrected chi connectivity index (χ1v) is 10.5. The number of likely N-dealkylation sites (N-methyl/N-ethyl adjacent to an activating group) is 1. The van der Waals surface area contributed by atoms with Crippen LogP contribution in [0.3, 0.4) is 0 Å². The van der Waals surface area contributed by atoms with Crippen molar-refractivity contribution < 1.29 is 18.0 Å². The van der Waals surface area contributed by atoms with Gasteiger partial charge in [0.25, 0.3) is 11.8 Å². The lowest BCUT2D eigenvalue weighted by atomic mass is 10.2. The van der Waals surface area contributed by atoms with E-state index in [2.05, 4.69) is 67.8 Å². The van der Waals surface area contributed by atoms with Gasteiger partial charge in [-0.15, -0.1) is 0 Å². The lowest BCUT2D eigenvalue weighted by Crippen LogP contribution is -2.40. The first kappa shape index (κ1) is 19.3. The third-order valence-electron chi connectivity index (χ3n) is 2.25. The van der Waals surface area contributed by atoms with Crippen molar-refractivity contribution in [2.45, 2.75) is 0 Å². The summed E-state index contributed by atoms with van der Waals surface area (Å²) in [5.41, 5.74) is 0.488. The van der Waals surface area contributed by atoms with Gasteiger partial charge in [-0.25, -0.2) is 8.42 Å². The van der Waals surface area contributed by atoms with E-state index < -0.39 is 15.9 Å². The monoisotopic (exact) mass is 648 g/mol. The van der Waals surface area contributed by atoms with Gasteiger partial charge in [0, 0.05) is 17.8 Å². The normalized spacial score (nSPS) is 11.1. The van der Waals surface area contributed by atoms with Gasteiger partial charge < -0.3 is 4.90 Å². The molecule has 21 heavy (non-hydrogen) atoms. The van der Waals surface area contributed by atoms with Gasteiger partial charge in [-0.05, 0) is 79.9 Å². The van der Waals surface area contributed by atoms with Crippen LogP contribution in [0.25, 0.3) is 0 Å². The number of halogens is 3. The van der Waals surface area contributed by atoms with Gasteiger partial charge in [0.05, 0.1) is 11.8 Å². The van der Waals surface area contributed by atoms with Crippen molar-refractivity contribution in [1.82, 2.24) is 9.62 Å². The molecule has 10 heteroatoms. The summed E-state index contributed by atoms with van der Waals surface area (Å²) in [6.07, 6.45) is 0.886. The van der Waals surface area contributed by atoms with Crippen LogP contribution in [0.2, 0.25) is 0 Å². The highest BCUT2D eigenvalue weighted by Gasteiger charge is 2.20. The lowest BCUT2D eigenvalue weighted by Gasteiger charge is -2.18. The van der Waals surface area contributed by atoms with E-state index in [9.17, 15) is 18.0 Å². The van der Waals surface area contributed by atoms with Gasteiger partial charge in [-0.3, -0.25) is 14.3 Å². The van der Waals surface area contributed by atoms with Gasteiger partial charge >= 0.3 is 0 Å². The molecule has 0 aliphatic heterocycles. The minimum atomic E-state index is -3.62. The van der Waals surface area contributed by atoms with E-state index in [1.165, 1.54) is 11.9 Å². The molecule has 0 unspecified atom stereocenters. The zero-order valence-corrected chi connectivity index (χ0v) is 18.3. The fourth-order valence-corrected chi connectivity index (χ4v) is 4.31.